The van der Waals surface area contributed by atoms with Crippen LogP contribution >= 0.6 is 0 Å². The minimum absolute atomic E-state index is 0.196. The van der Waals surface area contributed by atoms with Crippen LogP contribution in [0.5, 0.6) is 0 Å². The van der Waals surface area contributed by atoms with Gasteiger partial charge in [0.2, 0.25) is 5.89 Å². The molecule has 0 fully saturated rings. The molecule has 0 spiro atoms. The van der Waals surface area contributed by atoms with Crippen molar-refractivity contribution in [2.75, 3.05) is 9.80 Å². The molecule has 0 radical (unpaired) electrons. The lowest BCUT2D eigenvalue weighted by molar-refractivity contribution is 0.619. The monoisotopic (exact) mass is 745 g/mol. The van der Waals surface area contributed by atoms with Crippen LogP contribution in [0.1, 0.15) is 25.0 Å². The van der Waals surface area contributed by atoms with E-state index in [0.717, 1.165) is 50.8 Å². The van der Waals surface area contributed by atoms with Gasteiger partial charge in [-0.2, -0.15) is 0 Å². The number of oxazole rings is 1. The molecule has 0 amide bonds. The Morgan fingerprint density at radius 3 is 1.53 bits per heavy atom. The lowest BCUT2D eigenvalue weighted by Gasteiger charge is -2.29. The zero-order chi connectivity index (χ0) is 38.8. The van der Waals surface area contributed by atoms with E-state index < -0.39 is 0 Å². The molecule has 0 atom stereocenters. The van der Waals surface area contributed by atoms with Crippen LogP contribution in [-0.4, -0.2) is 4.98 Å². The number of fused-ring (bicyclic) bond motifs is 7. The van der Waals surface area contributed by atoms with Crippen LogP contribution in [0.3, 0.4) is 0 Å². The maximum atomic E-state index is 6.40. The highest BCUT2D eigenvalue weighted by molar-refractivity contribution is 6.11. The maximum absolute atomic E-state index is 6.40. The van der Waals surface area contributed by atoms with Crippen molar-refractivity contribution in [2.24, 2.45) is 0 Å². The van der Waals surface area contributed by atoms with Crippen molar-refractivity contribution in [1.82, 2.24) is 4.98 Å². The molecule has 1 aliphatic carbocycles. The van der Waals surface area contributed by atoms with Crippen LogP contribution < -0.4 is 9.80 Å². The molecule has 9 aromatic carbocycles. The normalized spacial score (nSPS) is 12.8. The topological polar surface area (TPSA) is 32.5 Å². The summed E-state index contributed by atoms with van der Waals surface area (Å²) in [4.78, 5) is 9.62. The second kappa shape index (κ2) is 13.4. The molecule has 1 aromatic heterocycles. The smallest absolute Gasteiger partial charge is 0.227 e. The van der Waals surface area contributed by atoms with Crippen molar-refractivity contribution in [3.05, 3.63) is 211 Å². The van der Waals surface area contributed by atoms with E-state index in [4.69, 9.17) is 9.40 Å². The predicted molar refractivity (Wildman–Crippen MR) is 241 cm³/mol. The highest BCUT2D eigenvalue weighted by Gasteiger charge is 2.37. The lowest BCUT2D eigenvalue weighted by Crippen LogP contribution is -2.15. The highest BCUT2D eigenvalue weighted by atomic mass is 16.3. The van der Waals surface area contributed by atoms with Crippen LogP contribution in [0.15, 0.2) is 205 Å². The van der Waals surface area contributed by atoms with Gasteiger partial charge in [-0.1, -0.05) is 111 Å². The molecule has 0 unspecified atom stereocenters. The first-order valence-corrected chi connectivity index (χ1v) is 19.9. The molecule has 1 aliphatic rings. The largest absolute Gasteiger partial charge is 0.436 e. The Morgan fingerprint density at radius 1 is 0.414 bits per heavy atom. The molecular weight excluding hydrogens is 707 g/mol. The molecule has 58 heavy (non-hydrogen) atoms. The van der Waals surface area contributed by atoms with Gasteiger partial charge < -0.3 is 14.2 Å². The first-order chi connectivity index (χ1) is 28.5. The van der Waals surface area contributed by atoms with Gasteiger partial charge in [0.05, 0.1) is 0 Å². The SMILES string of the molecule is CC1(C)c2cc3ccc4ccc(N(c5ccccc5)c5cccc(N(c6ccccc6)c6ccccc6)c5)cc4c3cc2-c2cc3oc(-c4ccccc4)nc3cc21. The second-order valence-electron chi connectivity index (χ2n) is 15.7. The molecule has 276 valence electrons. The van der Waals surface area contributed by atoms with Crippen molar-refractivity contribution in [3.63, 3.8) is 0 Å². The summed E-state index contributed by atoms with van der Waals surface area (Å²) in [5.41, 5.74) is 14.1. The summed E-state index contributed by atoms with van der Waals surface area (Å²) < 4.78 is 6.40. The fourth-order valence-electron chi connectivity index (χ4n) is 8.93. The van der Waals surface area contributed by atoms with Crippen LogP contribution in [0.2, 0.25) is 0 Å². The number of rotatable bonds is 7. The van der Waals surface area contributed by atoms with Crippen molar-refractivity contribution >= 4 is 66.8 Å². The van der Waals surface area contributed by atoms with Gasteiger partial charge in [0.15, 0.2) is 5.58 Å². The molecule has 4 heteroatoms. The third-order valence-electron chi connectivity index (χ3n) is 11.8. The number of anilines is 6. The summed E-state index contributed by atoms with van der Waals surface area (Å²) in [6, 6.07) is 71.5. The van der Waals surface area contributed by atoms with Gasteiger partial charge >= 0.3 is 0 Å². The Balaban J connectivity index is 1.07. The van der Waals surface area contributed by atoms with E-state index in [1.165, 1.54) is 43.8 Å². The molecule has 0 N–H and O–H groups in total. The summed E-state index contributed by atoms with van der Waals surface area (Å²) in [5, 5.41) is 4.87. The first kappa shape index (κ1) is 33.9. The Bertz CT molecular complexity index is 3100. The van der Waals surface area contributed by atoms with E-state index in [9.17, 15) is 0 Å². The number of aromatic nitrogens is 1. The summed E-state index contributed by atoms with van der Waals surface area (Å²) >= 11 is 0. The summed E-state index contributed by atoms with van der Waals surface area (Å²) in [7, 11) is 0. The number of nitrogens with zero attached hydrogens (tertiary/aromatic N) is 3. The van der Waals surface area contributed by atoms with E-state index in [1.807, 2.05) is 30.3 Å². The minimum atomic E-state index is -0.196. The third-order valence-corrected chi connectivity index (χ3v) is 11.8. The Hall–Kier alpha value is -7.43. The quantitative estimate of drug-likeness (QED) is 0.152. The average molecular weight is 746 g/mol. The summed E-state index contributed by atoms with van der Waals surface area (Å²) in [6.07, 6.45) is 0. The molecule has 0 bridgehead atoms. The van der Waals surface area contributed by atoms with E-state index in [0.29, 0.717) is 5.89 Å². The van der Waals surface area contributed by atoms with Crippen LogP contribution in [0.25, 0.3) is 55.2 Å². The van der Waals surface area contributed by atoms with E-state index in [2.05, 4.69) is 194 Å². The van der Waals surface area contributed by atoms with Gasteiger partial charge in [0, 0.05) is 45.1 Å². The van der Waals surface area contributed by atoms with Crippen molar-refractivity contribution in [3.8, 4) is 22.6 Å². The van der Waals surface area contributed by atoms with E-state index in [-0.39, 0.29) is 5.41 Å². The van der Waals surface area contributed by atoms with Gasteiger partial charge in [-0.05, 0) is 147 Å². The second-order valence-corrected chi connectivity index (χ2v) is 15.7. The maximum Gasteiger partial charge on any atom is 0.227 e. The molecule has 4 nitrogen and oxygen atoms in total. The van der Waals surface area contributed by atoms with Gasteiger partial charge in [-0.3, -0.25) is 0 Å². The summed E-state index contributed by atoms with van der Waals surface area (Å²) in [5.74, 6) is 0.649. The number of hydrogen-bond acceptors (Lipinski definition) is 4. The first-order valence-electron chi connectivity index (χ1n) is 19.9. The molecule has 1 heterocycles. The van der Waals surface area contributed by atoms with Gasteiger partial charge in [0.25, 0.3) is 0 Å². The van der Waals surface area contributed by atoms with Crippen molar-refractivity contribution in [1.29, 1.82) is 0 Å². The standard InChI is InChI=1S/C54H39N3O/c1-54(2)49-30-38-27-26-36-28-29-44(32-45(36)46(38)33-47(49)48-34-52-51(35-50(48)54)55-53(58-52)37-16-7-3-8-17-37)57(41-22-13-6-14-23-41)43-25-15-24-42(31-43)56(39-18-9-4-10-19-39)40-20-11-5-12-21-40/h3-35H,1-2H3. The van der Waals surface area contributed by atoms with E-state index >= 15 is 0 Å². The zero-order valence-electron chi connectivity index (χ0n) is 32.3. The Morgan fingerprint density at radius 2 is 0.897 bits per heavy atom. The third kappa shape index (κ3) is 5.56. The van der Waals surface area contributed by atoms with Crippen molar-refractivity contribution in [2.45, 2.75) is 19.3 Å². The predicted octanol–water partition coefficient (Wildman–Crippen LogP) is 15.0. The highest BCUT2D eigenvalue weighted by Crippen LogP contribution is 2.52. The molecule has 0 aliphatic heterocycles. The average Bonchev–Trinajstić information content (AvgIpc) is 3.79. The van der Waals surface area contributed by atoms with E-state index in [1.54, 1.807) is 0 Å². The number of benzene rings is 9. The number of para-hydroxylation sites is 3. The van der Waals surface area contributed by atoms with Crippen LogP contribution in [0, 0.1) is 0 Å². The number of hydrogen-bond donors (Lipinski definition) is 0. The Labute approximate surface area is 337 Å². The van der Waals surface area contributed by atoms with Gasteiger partial charge in [0.1, 0.15) is 5.52 Å². The lowest BCUT2D eigenvalue weighted by atomic mass is 9.81. The molecule has 10 aromatic rings. The Kier molecular flexibility index (Phi) is 7.80. The van der Waals surface area contributed by atoms with Gasteiger partial charge in [-0.25, -0.2) is 4.98 Å². The molecule has 0 saturated heterocycles. The minimum Gasteiger partial charge on any atom is -0.436 e. The summed E-state index contributed by atoms with van der Waals surface area (Å²) in [6.45, 7) is 4.66. The molecule has 0 saturated carbocycles. The van der Waals surface area contributed by atoms with Crippen LogP contribution in [-0.2, 0) is 5.41 Å². The molecule has 11 rings (SSSR count). The zero-order valence-corrected chi connectivity index (χ0v) is 32.3. The fraction of sp³-hybridized carbons (Fsp3) is 0.0556. The fourth-order valence-corrected chi connectivity index (χ4v) is 8.93. The van der Waals surface area contributed by atoms with Gasteiger partial charge in [-0.15, -0.1) is 0 Å². The molecular formula is C54H39N3O. The van der Waals surface area contributed by atoms with Crippen LogP contribution in [0.4, 0.5) is 34.1 Å². The van der Waals surface area contributed by atoms with Crippen molar-refractivity contribution < 1.29 is 4.42 Å².